The molecule has 1 aliphatic heterocycles. The van der Waals surface area contributed by atoms with Crippen molar-refractivity contribution in [2.24, 2.45) is 5.92 Å². The molecule has 0 radical (unpaired) electrons. The van der Waals surface area contributed by atoms with Crippen LogP contribution in [0.4, 0.5) is 9.18 Å². The maximum Gasteiger partial charge on any atom is 0.325 e. The van der Waals surface area contributed by atoms with E-state index in [9.17, 15) is 18.8 Å². The minimum atomic E-state index is -1.10. The third kappa shape index (κ3) is 3.80. The molecule has 2 unspecified atom stereocenters. The van der Waals surface area contributed by atoms with Crippen LogP contribution in [0.3, 0.4) is 0 Å². The standard InChI is InChI=1S/C24H26FN3O3/c1-15(2)21(17-9-11-18(25)12-10-17)26-20(29)14-28-22(30)24(27-23(28)31)13-5-7-16-6-3-4-8-19(16)24/h3-4,6,8-12,15,21H,5,7,13-14H2,1-2H3,(H,26,29)(H,27,31). The summed E-state index contributed by atoms with van der Waals surface area (Å²) in [4.78, 5) is 39.8. The van der Waals surface area contributed by atoms with Gasteiger partial charge < -0.3 is 10.6 Å². The molecule has 1 spiro atoms. The second-order valence-electron chi connectivity index (χ2n) is 8.58. The first kappa shape index (κ1) is 21.0. The van der Waals surface area contributed by atoms with Gasteiger partial charge in [-0.3, -0.25) is 14.5 Å². The Morgan fingerprint density at radius 1 is 1.16 bits per heavy atom. The highest BCUT2D eigenvalue weighted by molar-refractivity contribution is 6.09. The van der Waals surface area contributed by atoms with E-state index in [1.165, 1.54) is 12.1 Å². The Morgan fingerprint density at radius 3 is 2.58 bits per heavy atom. The number of aryl methyl sites for hydroxylation is 1. The number of carbonyl (C=O) groups excluding carboxylic acids is 3. The first-order valence-electron chi connectivity index (χ1n) is 10.6. The molecular weight excluding hydrogens is 397 g/mol. The molecule has 1 saturated heterocycles. The molecule has 162 valence electrons. The predicted octanol–water partition coefficient (Wildman–Crippen LogP) is 3.42. The molecule has 2 N–H and O–H groups in total. The Kier molecular flexibility index (Phi) is 5.52. The zero-order chi connectivity index (χ0) is 22.2. The smallest absolute Gasteiger partial charge is 0.325 e. The fourth-order valence-corrected chi connectivity index (χ4v) is 4.62. The third-order valence-corrected chi connectivity index (χ3v) is 6.16. The molecule has 0 saturated carbocycles. The Morgan fingerprint density at radius 2 is 1.87 bits per heavy atom. The van der Waals surface area contributed by atoms with E-state index >= 15 is 0 Å². The molecule has 7 heteroatoms. The largest absolute Gasteiger partial charge is 0.347 e. The van der Waals surface area contributed by atoms with E-state index < -0.39 is 17.5 Å². The maximum atomic E-state index is 13.3. The number of benzene rings is 2. The Bertz CT molecular complexity index is 1020. The number of imide groups is 1. The van der Waals surface area contributed by atoms with Crippen LogP contribution in [0, 0.1) is 11.7 Å². The van der Waals surface area contributed by atoms with Crippen molar-refractivity contribution in [3.05, 3.63) is 71.0 Å². The second kappa shape index (κ2) is 8.13. The van der Waals surface area contributed by atoms with Crippen LogP contribution in [0.1, 0.15) is 49.4 Å². The summed E-state index contributed by atoms with van der Waals surface area (Å²) in [5.41, 5.74) is 1.53. The Hall–Kier alpha value is -3.22. The zero-order valence-electron chi connectivity index (χ0n) is 17.7. The first-order valence-corrected chi connectivity index (χ1v) is 10.6. The summed E-state index contributed by atoms with van der Waals surface area (Å²) in [6.07, 6.45) is 2.15. The number of nitrogens with one attached hydrogen (secondary N) is 2. The summed E-state index contributed by atoms with van der Waals surface area (Å²) < 4.78 is 13.3. The molecule has 1 heterocycles. The quantitative estimate of drug-likeness (QED) is 0.724. The number of fused-ring (bicyclic) bond motifs is 2. The second-order valence-corrected chi connectivity index (χ2v) is 8.58. The van der Waals surface area contributed by atoms with Gasteiger partial charge in [0.1, 0.15) is 17.9 Å². The van der Waals surface area contributed by atoms with E-state index in [4.69, 9.17) is 0 Å². The summed E-state index contributed by atoms with van der Waals surface area (Å²) in [5, 5.41) is 5.76. The lowest BCUT2D eigenvalue weighted by atomic mass is 9.76. The highest BCUT2D eigenvalue weighted by Gasteiger charge is 2.54. The SMILES string of the molecule is CC(C)C(NC(=O)CN1C(=O)NC2(CCCc3ccccc32)C1=O)c1ccc(F)cc1. The van der Waals surface area contributed by atoms with Crippen LogP contribution >= 0.6 is 0 Å². The molecule has 2 aromatic carbocycles. The topological polar surface area (TPSA) is 78.5 Å². The summed E-state index contributed by atoms with van der Waals surface area (Å²) >= 11 is 0. The summed E-state index contributed by atoms with van der Waals surface area (Å²) in [7, 11) is 0. The number of hydrogen-bond acceptors (Lipinski definition) is 3. The average Bonchev–Trinajstić information content (AvgIpc) is 2.97. The lowest BCUT2D eigenvalue weighted by molar-refractivity contribution is -0.136. The molecule has 6 nitrogen and oxygen atoms in total. The number of hydrogen-bond donors (Lipinski definition) is 2. The van der Waals surface area contributed by atoms with Crippen LogP contribution in [0.15, 0.2) is 48.5 Å². The molecule has 4 amide bonds. The van der Waals surface area contributed by atoms with Crippen molar-refractivity contribution < 1.29 is 18.8 Å². The first-order chi connectivity index (χ1) is 14.8. The molecule has 0 aromatic heterocycles. The van der Waals surface area contributed by atoms with Crippen molar-refractivity contribution in [2.45, 2.75) is 44.7 Å². The average molecular weight is 423 g/mol. The molecule has 1 fully saturated rings. The Balaban J connectivity index is 1.52. The number of rotatable bonds is 5. The van der Waals surface area contributed by atoms with Gasteiger partial charge in [0.15, 0.2) is 0 Å². The van der Waals surface area contributed by atoms with Gasteiger partial charge in [0.25, 0.3) is 5.91 Å². The third-order valence-electron chi connectivity index (χ3n) is 6.16. The van der Waals surface area contributed by atoms with Crippen LogP contribution in [0.25, 0.3) is 0 Å². The number of urea groups is 1. The summed E-state index contributed by atoms with van der Waals surface area (Å²) in [5.74, 6) is -1.14. The van der Waals surface area contributed by atoms with Crippen LogP contribution in [0.5, 0.6) is 0 Å². The number of nitrogens with zero attached hydrogens (tertiary/aromatic N) is 1. The van der Waals surface area contributed by atoms with Crippen molar-refractivity contribution in [1.82, 2.24) is 15.5 Å². The number of carbonyl (C=O) groups is 3. The van der Waals surface area contributed by atoms with Gasteiger partial charge in [-0.2, -0.15) is 0 Å². The van der Waals surface area contributed by atoms with Gasteiger partial charge >= 0.3 is 6.03 Å². The molecule has 31 heavy (non-hydrogen) atoms. The minimum Gasteiger partial charge on any atom is -0.347 e. The fourth-order valence-electron chi connectivity index (χ4n) is 4.62. The lowest BCUT2D eigenvalue weighted by Crippen LogP contribution is -2.47. The van der Waals surface area contributed by atoms with Crippen LogP contribution in [-0.4, -0.2) is 29.3 Å². The zero-order valence-corrected chi connectivity index (χ0v) is 17.7. The van der Waals surface area contributed by atoms with Crippen molar-refractivity contribution in [3.8, 4) is 0 Å². The van der Waals surface area contributed by atoms with Crippen molar-refractivity contribution in [3.63, 3.8) is 0 Å². The van der Waals surface area contributed by atoms with Gasteiger partial charge in [0.05, 0.1) is 6.04 Å². The van der Waals surface area contributed by atoms with E-state index in [1.807, 2.05) is 38.1 Å². The summed E-state index contributed by atoms with van der Waals surface area (Å²) in [6, 6.07) is 12.7. The molecule has 2 aliphatic rings. The predicted molar refractivity (Wildman–Crippen MR) is 113 cm³/mol. The van der Waals surface area contributed by atoms with E-state index in [1.54, 1.807) is 12.1 Å². The van der Waals surface area contributed by atoms with E-state index in [0.717, 1.165) is 34.4 Å². The Labute approximate surface area is 180 Å². The number of amides is 4. The van der Waals surface area contributed by atoms with Gasteiger partial charge in [0.2, 0.25) is 5.91 Å². The van der Waals surface area contributed by atoms with Gasteiger partial charge in [-0.25, -0.2) is 9.18 Å². The van der Waals surface area contributed by atoms with Crippen molar-refractivity contribution >= 4 is 17.8 Å². The maximum absolute atomic E-state index is 13.3. The molecule has 1 aliphatic carbocycles. The summed E-state index contributed by atoms with van der Waals surface area (Å²) in [6.45, 7) is 3.52. The highest BCUT2D eigenvalue weighted by Crippen LogP contribution is 2.39. The van der Waals surface area contributed by atoms with Crippen LogP contribution in [0.2, 0.25) is 0 Å². The monoisotopic (exact) mass is 423 g/mol. The van der Waals surface area contributed by atoms with Crippen LogP contribution in [-0.2, 0) is 21.5 Å². The number of halogens is 1. The van der Waals surface area contributed by atoms with Gasteiger partial charge in [0, 0.05) is 0 Å². The molecule has 0 bridgehead atoms. The highest BCUT2D eigenvalue weighted by atomic mass is 19.1. The van der Waals surface area contributed by atoms with Gasteiger partial charge in [-0.1, -0.05) is 50.2 Å². The van der Waals surface area contributed by atoms with Gasteiger partial charge in [-0.05, 0) is 54.0 Å². The lowest BCUT2D eigenvalue weighted by Gasteiger charge is -2.33. The molecule has 2 aromatic rings. The van der Waals surface area contributed by atoms with Crippen molar-refractivity contribution in [1.29, 1.82) is 0 Å². The molecular formula is C24H26FN3O3. The van der Waals surface area contributed by atoms with Crippen molar-refractivity contribution in [2.75, 3.05) is 6.54 Å². The molecule has 2 atom stereocenters. The molecule has 4 rings (SSSR count). The minimum absolute atomic E-state index is 0.0362. The van der Waals surface area contributed by atoms with E-state index in [0.29, 0.717) is 6.42 Å². The van der Waals surface area contributed by atoms with E-state index in [-0.39, 0.29) is 30.2 Å². The van der Waals surface area contributed by atoms with Gasteiger partial charge in [-0.15, -0.1) is 0 Å². The van der Waals surface area contributed by atoms with Crippen LogP contribution < -0.4 is 10.6 Å². The van der Waals surface area contributed by atoms with E-state index in [2.05, 4.69) is 10.6 Å². The normalized spacial score (nSPS) is 21.2. The fraction of sp³-hybridized carbons (Fsp3) is 0.375.